The highest BCUT2D eigenvalue weighted by molar-refractivity contribution is 5.96. The van der Waals surface area contributed by atoms with Crippen LogP contribution >= 0.6 is 0 Å². The number of benzene rings is 1. The fourth-order valence-corrected chi connectivity index (χ4v) is 2.18. The Balaban J connectivity index is 1.81. The molecule has 0 aliphatic heterocycles. The topological polar surface area (TPSA) is 58.2 Å². The van der Waals surface area contributed by atoms with Gasteiger partial charge in [0.05, 0.1) is 0 Å². The first-order chi connectivity index (χ1) is 9.16. The molecule has 0 radical (unpaired) electrons. The molecule has 1 aromatic carbocycles. The van der Waals surface area contributed by atoms with Gasteiger partial charge in [-0.15, -0.1) is 0 Å². The summed E-state index contributed by atoms with van der Waals surface area (Å²) in [5, 5.41) is 0. The lowest BCUT2D eigenvalue weighted by Crippen LogP contribution is -2.42. The Morgan fingerprint density at radius 2 is 2.05 bits per heavy atom. The minimum atomic E-state index is -0.284. The summed E-state index contributed by atoms with van der Waals surface area (Å²) in [4.78, 5) is 23.5. The Kier molecular flexibility index (Phi) is 4.34. The molecule has 2 amide bonds. The lowest BCUT2D eigenvalue weighted by Gasteiger charge is -2.10. The molecule has 0 bridgehead atoms. The molecule has 2 N–H and O–H groups in total. The average Bonchev–Trinajstić information content (AvgIpc) is 2.89. The molecule has 4 heteroatoms. The molecule has 1 aromatic rings. The van der Waals surface area contributed by atoms with Crippen LogP contribution in [0.3, 0.4) is 0 Å². The number of hydrogen-bond donors (Lipinski definition) is 2. The summed E-state index contributed by atoms with van der Waals surface area (Å²) in [7, 11) is 0. The third kappa shape index (κ3) is 3.68. The lowest BCUT2D eigenvalue weighted by molar-refractivity contribution is -0.122. The van der Waals surface area contributed by atoms with Gasteiger partial charge in [0.1, 0.15) is 0 Å². The second kappa shape index (κ2) is 6.18. The quantitative estimate of drug-likeness (QED) is 0.644. The van der Waals surface area contributed by atoms with Crippen LogP contribution in [0.1, 0.15) is 35.2 Å². The summed E-state index contributed by atoms with van der Waals surface area (Å²) in [6.07, 6.45) is 6.61. The van der Waals surface area contributed by atoms with Crippen molar-refractivity contribution in [3.05, 3.63) is 47.5 Å². The predicted molar refractivity (Wildman–Crippen MR) is 73.3 cm³/mol. The monoisotopic (exact) mass is 258 g/mol. The minimum Gasteiger partial charge on any atom is -0.273 e. The third-order valence-corrected chi connectivity index (χ3v) is 3.27. The average molecular weight is 258 g/mol. The molecular formula is C15H18N2O2. The molecular weight excluding hydrogens is 240 g/mol. The molecule has 1 aliphatic rings. The molecule has 4 nitrogen and oxygen atoms in total. The SMILES string of the molecule is Cc1ccccc1C(=O)NNC(=O)C[C@@H]1C=CCC1. The third-order valence-electron chi connectivity index (χ3n) is 3.27. The Morgan fingerprint density at radius 1 is 1.26 bits per heavy atom. The lowest BCUT2D eigenvalue weighted by atomic mass is 10.1. The number of hydrazine groups is 1. The standard InChI is InChI=1S/C15H18N2O2/c1-11-6-2-5-9-13(11)15(19)17-16-14(18)10-12-7-3-4-8-12/h2-3,5-7,9,12H,4,8,10H2,1H3,(H,16,18)(H,17,19)/t12-/m1/s1. The number of carbonyl (C=O) groups is 2. The first-order valence-corrected chi connectivity index (χ1v) is 6.48. The number of rotatable bonds is 3. The van der Waals surface area contributed by atoms with Crippen LogP contribution in [0, 0.1) is 12.8 Å². The fourth-order valence-electron chi connectivity index (χ4n) is 2.18. The molecule has 19 heavy (non-hydrogen) atoms. The first-order valence-electron chi connectivity index (χ1n) is 6.48. The van der Waals surface area contributed by atoms with Crippen molar-refractivity contribution in [2.24, 2.45) is 5.92 Å². The molecule has 0 heterocycles. The van der Waals surface area contributed by atoms with Crippen LogP contribution in [0.25, 0.3) is 0 Å². The van der Waals surface area contributed by atoms with Crippen molar-refractivity contribution in [2.45, 2.75) is 26.2 Å². The molecule has 0 fully saturated rings. The molecule has 100 valence electrons. The molecule has 0 unspecified atom stereocenters. The van der Waals surface area contributed by atoms with E-state index in [-0.39, 0.29) is 11.8 Å². The van der Waals surface area contributed by atoms with Gasteiger partial charge in [-0.3, -0.25) is 20.4 Å². The number of amides is 2. The fraction of sp³-hybridized carbons (Fsp3) is 0.333. The van der Waals surface area contributed by atoms with Crippen LogP contribution in [0.2, 0.25) is 0 Å². The van der Waals surface area contributed by atoms with Crippen molar-refractivity contribution in [3.63, 3.8) is 0 Å². The van der Waals surface area contributed by atoms with Crippen LogP contribution in [-0.2, 0) is 4.79 Å². The van der Waals surface area contributed by atoms with E-state index in [4.69, 9.17) is 0 Å². The van der Waals surface area contributed by atoms with E-state index in [9.17, 15) is 9.59 Å². The van der Waals surface area contributed by atoms with Crippen LogP contribution in [-0.4, -0.2) is 11.8 Å². The van der Waals surface area contributed by atoms with E-state index in [1.54, 1.807) is 12.1 Å². The van der Waals surface area contributed by atoms with Crippen molar-refractivity contribution in [1.29, 1.82) is 0 Å². The summed E-state index contributed by atoms with van der Waals surface area (Å²) >= 11 is 0. The highest BCUT2D eigenvalue weighted by atomic mass is 16.2. The Hall–Kier alpha value is -2.10. The van der Waals surface area contributed by atoms with Gasteiger partial charge in [0, 0.05) is 12.0 Å². The maximum Gasteiger partial charge on any atom is 0.269 e. The smallest absolute Gasteiger partial charge is 0.269 e. The molecule has 1 aliphatic carbocycles. The maximum absolute atomic E-state index is 11.9. The Morgan fingerprint density at radius 3 is 2.74 bits per heavy atom. The predicted octanol–water partition coefficient (Wildman–Crippen LogP) is 2.11. The summed E-state index contributed by atoms with van der Waals surface area (Å²) in [6.45, 7) is 1.86. The van der Waals surface area contributed by atoms with Gasteiger partial charge in [-0.1, -0.05) is 30.4 Å². The second-order valence-electron chi connectivity index (χ2n) is 4.79. The zero-order valence-electron chi connectivity index (χ0n) is 11.0. The van der Waals surface area contributed by atoms with Gasteiger partial charge >= 0.3 is 0 Å². The van der Waals surface area contributed by atoms with E-state index >= 15 is 0 Å². The van der Waals surface area contributed by atoms with Gasteiger partial charge in [-0.25, -0.2) is 0 Å². The number of hydrogen-bond acceptors (Lipinski definition) is 2. The molecule has 0 saturated carbocycles. The van der Waals surface area contributed by atoms with Crippen LogP contribution in [0.5, 0.6) is 0 Å². The van der Waals surface area contributed by atoms with Gasteiger partial charge < -0.3 is 0 Å². The number of allylic oxidation sites excluding steroid dienone is 2. The summed E-state index contributed by atoms with van der Waals surface area (Å²) in [5.74, 6) is -0.137. The Labute approximate surface area is 112 Å². The maximum atomic E-state index is 11.9. The van der Waals surface area contributed by atoms with Gasteiger partial charge in [-0.05, 0) is 37.3 Å². The second-order valence-corrected chi connectivity index (χ2v) is 4.79. The van der Waals surface area contributed by atoms with E-state index in [2.05, 4.69) is 23.0 Å². The van der Waals surface area contributed by atoms with Crippen LogP contribution < -0.4 is 10.9 Å². The van der Waals surface area contributed by atoms with E-state index in [1.165, 1.54) is 0 Å². The molecule has 1 atom stereocenters. The first kappa shape index (κ1) is 13.3. The van der Waals surface area contributed by atoms with Gasteiger partial charge in [0.15, 0.2) is 0 Å². The summed E-state index contributed by atoms with van der Waals surface area (Å²) in [6, 6.07) is 7.26. The van der Waals surface area contributed by atoms with E-state index < -0.39 is 0 Å². The minimum absolute atomic E-state index is 0.154. The van der Waals surface area contributed by atoms with Crippen LogP contribution in [0.4, 0.5) is 0 Å². The number of carbonyl (C=O) groups excluding carboxylic acids is 2. The summed E-state index contributed by atoms with van der Waals surface area (Å²) < 4.78 is 0. The largest absolute Gasteiger partial charge is 0.273 e. The van der Waals surface area contributed by atoms with Gasteiger partial charge in [0.2, 0.25) is 5.91 Å². The highest BCUT2D eigenvalue weighted by Gasteiger charge is 2.15. The van der Waals surface area contributed by atoms with Crippen molar-refractivity contribution in [1.82, 2.24) is 10.9 Å². The summed E-state index contributed by atoms with van der Waals surface area (Å²) in [5.41, 5.74) is 6.37. The van der Waals surface area contributed by atoms with Crippen molar-refractivity contribution >= 4 is 11.8 Å². The van der Waals surface area contributed by atoms with E-state index in [1.807, 2.05) is 19.1 Å². The van der Waals surface area contributed by atoms with Gasteiger partial charge in [0.25, 0.3) is 5.91 Å². The molecule has 0 spiro atoms. The van der Waals surface area contributed by atoms with Crippen LogP contribution in [0.15, 0.2) is 36.4 Å². The zero-order valence-corrected chi connectivity index (χ0v) is 11.0. The molecule has 0 saturated heterocycles. The van der Waals surface area contributed by atoms with Crippen molar-refractivity contribution < 1.29 is 9.59 Å². The molecule has 0 aromatic heterocycles. The Bertz CT molecular complexity index is 509. The van der Waals surface area contributed by atoms with E-state index in [0.29, 0.717) is 17.9 Å². The van der Waals surface area contributed by atoms with Crippen molar-refractivity contribution in [3.8, 4) is 0 Å². The van der Waals surface area contributed by atoms with Gasteiger partial charge in [-0.2, -0.15) is 0 Å². The molecule has 2 rings (SSSR count). The highest BCUT2D eigenvalue weighted by Crippen LogP contribution is 2.19. The van der Waals surface area contributed by atoms with Crippen molar-refractivity contribution in [2.75, 3.05) is 0 Å². The normalized spacial score (nSPS) is 17.2. The zero-order chi connectivity index (χ0) is 13.7. The number of aryl methyl sites for hydroxylation is 1. The number of nitrogens with one attached hydrogen (secondary N) is 2. The van der Waals surface area contributed by atoms with E-state index in [0.717, 1.165) is 18.4 Å².